The Hall–Kier alpha value is -1.84. The maximum absolute atomic E-state index is 11.9. The minimum atomic E-state index is -1.19. The molecule has 0 aliphatic heterocycles. The smallest absolute Gasteiger partial charge is 0.329 e. The second kappa shape index (κ2) is 6.36. The van der Waals surface area contributed by atoms with Crippen LogP contribution in [0.5, 0.6) is 0 Å². The molecule has 1 unspecified atom stereocenters. The number of carboxylic acids is 1. The fourth-order valence-electron chi connectivity index (χ4n) is 1.79. The molecule has 0 aliphatic carbocycles. The van der Waals surface area contributed by atoms with Crippen molar-refractivity contribution in [3.8, 4) is 0 Å². The molecule has 0 bridgehead atoms. The lowest BCUT2D eigenvalue weighted by Crippen LogP contribution is -2.52. The predicted octanol–water partition coefficient (Wildman–Crippen LogP) is 2.16. The first-order valence-corrected chi connectivity index (χ1v) is 6.53. The van der Waals surface area contributed by atoms with Crippen molar-refractivity contribution in [3.05, 3.63) is 35.4 Å². The van der Waals surface area contributed by atoms with Gasteiger partial charge < -0.3 is 10.4 Å². The Balaban J connectivity index is 2.72. The lowest BCUT2D eigenvalue weighted by atomic mass is 9.98. The highest BCUT2D eigenvalue weighted by Gasteiger charge is 2.32. The molecule has 1 aromatic carbocycles. The predicted molar refractivity (Wildman–Crippen MR) is 74.0 cm³/mol. The summed E-state index contributed by atoms with van der Waals surface area (Å²) in [6.07, 6.45) is 1.47. The average molecular weight is 263 g/mol. The van der Waals surface area contributed by atoms with Crippen molar-refractivity contribution in [1.82, 2.24) is 5.32 Å². The van der Waals surface area contributed by atoms with Gasteiger partial charge in [0.1, 0.15) is 5.54 Å². The molecule has 0 aliphatic rings. The van der Waals surface area contributed by atoms with Gasteiger partial charge in [-0.25, -0.2) is 4.79 Å². The summed E-state index contributed by atoms with van der Waals surface area (Å²) in [5, 5.41) is 11.7. The minimum absolute atomic E-state index is 0.205. The molecule has 0 heterocycles. The summed E-state index contributed by atoms with van der Waals surface area (Å²) in [5.74, 6) is -1.27. The van der Waals surface area contributed by atoms with Crippen LogP contribution in [-0.4, -0.2) is 22.5 Å². The maximum atomic E-state index is 11.9. The van der Waals surface area contributed by atoms with E-state index in [0.29, 0.717) is 6.42 Å². The molecule has 0 spiro atoms. The number of amides is 1. The highest BCUT2D eigenvalue weighted by Crippen LogP contribution is 2.11. The van der Waals surface area contributed by atoms with Gasteiger partial charge >= 0.3 is 5.97 Å². The first kappa shape index (κ1) is 15.2. The molecule has 0 fully saturated rings. The SMILES string of the molecule is CCc1cccc(CC(=O)NC(C)(CC)C(=O)O)c1. The Bertz CT molecular complexity index is 470. The monoisotopic (exact) mass is 263 g/mol. The number of benzene rings is 1. The number of hydrogen-bond acceptors (Lipinski definition) is 2. The van der Waals surface area contributed by atoms with Crippen LogP contribution in [0.1, 0.15) is 38.3 Å². The molecule has 104 valence electrons. The van der Waals surface area contributed by atoms with E-state index in [2.05, 4.69) is 12.2 Å². The van der Waals surface area contributed by atoms with E-state index in [1.807, 2.05) is 24.3 Å². The summed E-state index contributed by atoms with van der Waals surface area (Å²) in [6.45, 7) is 5.32. The van der Waals surface area contributed by atoms with E-state index in [1.165, 1.54) is 12.5 Å². The van der Waals surface area contributed by atoms with Crippen LogP contribution in [-0.2, 0) is 22.4 Å². The van der Waals surface area contributed by atoms with E-state index in [9.17, 15) is 9.59 Å². The second-order valence-corrected chi connectivity index (χ2v) is 4.89. The Kier molecular flexibility index (Phi) is 5.10. The van der Waals surface area contributed by atoms with Gasteiger partial charge in [0, 0.05) is 0 Å². The van der Waals surface area contributed by atoms with Crippen LogP contribution in [0.2, 0.25) is 0 Å². The van der Waals surface area contributed by atoms with Gasteiger partial charge in [0.2, 0.25) is 5.91 Å². The Morgan fingerprint density at radius 3 is 2.42 bits per heavy atom. The standard InChI is InChI=1S/C15H21NO3/c1-4-11-7-6-8-12(9-11)10-13(17)16-15(3,5-2)14(18)19/h6-9H,4-5,10H2,1-3H3,(H,16,17)(H,18,19). The molecular formula is C15H21NO3. The summed E-state index contributed by atoms with van der Waals surface area (Å²) in [7, 11) is 0. The molecule has 0 saturated heterocycles. The average Bonchev–Trinajstić information content (AvgIpc) is 2.38. The minimum Gasteiger partial charge on any atom is -0.480 e. The van der Waals surface area contributed by atoms with Crippen LogP contribution in [0.4, 0.5) is 0 Å². The first-order valence-electron chi connectivity index (χ1n) is 6.53. The highest BCUT2D eigenvalue weighted by atomic mass is 16.4. The molecular weight excluding hydrogens is 242 g/mol. The molecule has 1 rings (SSSR count). The summed E-state index contributed by atoms with van der Waals surface area (Å²) < 4.78 is 0. The molecule has 4 nitrogen and oxygen atoms in total. The Labute approximate surface area is 113 Å². The summed E-state index contributed by atoms with van der Waals surface area (Å²) in [4.78, 5) is 23.0. The summed E-state index contributed by atoms with van der Waals surface area (Å²) in [5.41, 5.74) is 0.877. The van der Waals surface area contributed by atoms with Gasteiger partial charge in [-0.3, -0.25) is 4.79 Å². The van der Waals surface area contributed by atoms with Crippen LogP contribution in [0, 0.1) is 0 Å². The fraction of sp³-hybridized carbons (Fsp3) is 0.467. The van der Waals surface area contributed by atoms with Gasteiger partial charge in [-0.05, 0) is 30.9 Å². The van der Waals surface area contributed by atoms with Gasteiger partial charge in [-0.1, -0.05) is 38.1 Å². The van der Waals surface area contributed by atoms with Crippen molar-refractivity contribution >= 4 is 11.9 Å². The van der Waals surface area contributed by atoms with Gasteiger partial charge in [0.25, 0.3) is 0 Å². The normalized spacial score (nSPS) is 13.6. The fourth-order valence-corrected chi connectivity index (χ4v) is 1.79. The van der Waals surface area contributed by atoms with Crippen LogP contribution < -0.4 is 5.32 Å². The van der Waals surface area contributed by atoms with Crippen LogP contribution in [0.25, 0.3) is 0 Å². The number of carbonyl (C=O) groups excluding carboxylic acids is 1. The Morgan fingerprint density at radius 2 is 1.89 bits per heavy atom. The zero-order chi connectivity index (χ0) is 14.5. The zero-order valence-electron chi connectivity index (χ0n) is 11.7. The molecule has 0 saturated carbocycles. The molecule has 4 heteroatoms. The second-order valence-electron chi connectivity index (χ2n) is 4.89. The molecule has 0 aromatic heterocycles. The van der Waals surface area contributed by atoms with Crippen molar-refractivity contribution in [2.24, 2.45) is 0 Å². The number of carbonyl (C=O) groups is 2. The first-order chi connectivity index (χ1) is 8.91. The molecule has 1 atom stereocenters. The van der Waals surface area contributed by atoms with Crippen molar-refractivity contribution in [1.29, 1.82) is 0 Å². The molecule has 0 radical (unpaired) electrons. The number of hydrogen-bond donors (Lipinski definition) is 2. The maximum Gasteiger partial charge on any atom is 0.329 e. The number of nitrogens with one attached hydrogen (secondary N) is 1. The van der Waals surface area contributed by atoms with Crippen molar-refractivity contribution in [3.63, 3.8) is 0 Å². The zero-order valence-corrected chi connectivity index (χ0v) is 11.7. The quantitative estimate of drug-likeness (QED) is 0.826. The van der Waals surface area contributed by atoms with Gasteiger partial charge in [0.05, 0.1) is 6.42 Å². The van der Waals surface area contributed by atoms with Crippen LogP contribution in [0.15, 0.2) is 24.3 Å². The van der Waals surface area contributed by atoms with Crippen molar-refractivity contribution in [2.75, 3.05) is 0 Å². The molecule has 19 heavy (non-hydrogen) atoms. The summed E-state index contributed by atoms with van der Waals surface area (Å²) >= 11 is 0. The van der Waals surface area contributed by atoms with E-state index >= 15 is 0 Å². The van der Waals surface area contributed by atoms with Gasteiger partial charge in [-0.2, -0.15) is 0 Å². The molecule has 2 N–H and O–H groups in total. The number of carboxylic acid groups (broad SMARTS) is 1. The lowest BCUT2D eigenvalue weighted by Gasteiger charge is -2.24. The Morgan fingerprint density at radius 1 is 1.26 bits per heavy atom. The third kappa shape index (κ3) is 4.09. The number of aryl methyl sites for hydroxylation is 1. The van der Waals surface area contributed by atoms with E-state index in [-0.39, 0.29) is 12.3 Å². The van der Waals surface area contributed by atoms with Gasteiger partial charge in [-0.15, -0.1) is 0 Å². The molecule has 1 amide bonds. The third-order valence-electron chi connectivity index (χ3n) is 3.36. The van der Waals surface area contributed by atoms with E-state index in [1.54, 1.807) is 6.92 Å². The molecule has 1 aromatic rings. The highest BCUT2D eigenvalue weighted by molar-refractivity contribution is 5.87. The van der Waals surface area contributed by atoms with E-state index in [4.69, 9.17) is 5.11 Å². The number of aliphatic carboxylic acids is 1. The van der Waals surface area contributed by atoms with Crippen LogP contribution in [0.3, 0.4) is 0 Å². The van der Waals surface area contributed by atoms with Crippen LogP contribution >= 0.6 is 0 Å². The number of rotatable bonds is 6. The van der Waals surface area contributed by atoms with Gasteiger partial charge in [0.15, 0.2) is 0 Å². The third-order valence-corrected chi connectivity index (χ3v) is 3.36. The van der Waals surface area contributed by atoms with E-state index < -0.39 is 11.5 Å². The topological polar surface area (TPSA) is 66.4 Å². The van der Waals surface area contributed by atoms with Crippen molar-refractivity contribution in [2.45, 2.75) is 45.6 Å². The largest absolute Gasteiger partial charge is 0.480 e. The van der Waals surface area contributed by atoms with E-state index in [0.717, 1.165) is 12.0 Å². The van der Waals surface area contributed by atoms with Crippen molar-refractivity contribution < 1.29 is 14.7 Å². The summed E-state index contributed by atoms with van der Waals surface area (Å²) in [6, 6.07) is 7.78. The lowest BCUT2D eigenvalue weighted by molar-refractivity contribution is -0.146.